The Morgan fingerprint density at radius 3 is 2.88 bits per heavy atom. The molecule has 2 aliphatic heterocycles. The lowest BCUT2D eigenvalue weighted by Crippen LogP contribution is -2.46. The minimum absolute atomic E-state index is 0.0611. The van der Waals surface area contributed by atoms with E-state index >= 15 is 0 Å². The first kappa shape index (κ1) is 12.3. The van der Waals surface area contributed by atoms with E-state index < -0.39 is 6.17 Å². The summed E-state index contributed by atoms with van der Waals surface area (Å²) in [6.45, 7) is 8.13. The lowest BCUT2D eigenvalue weighted by atomic mass is 9.93. The molecule has 16 heavy (non-hydrogen) atoms. The smallest absolute Gasteiger partial charge is 0.107 e. The number of likely N-dealkylation sites (tertiary alicyclic amines) is 1. The van der Waals surface area contributed by atoms with Crippen molar-refractivity contribution in [3.8, 4) is 0 Å². The molecule has 0 radical (unpaired) electrons. The van der Waals surface area contributed by atoms with E-state index in [9.17, 15) is 4.39 Å². The van der Waals surface area contributed by atoms with Crippen molar-refractivity contribution in [3.63, 3.8) is 0 Å². The van der Waals surface area contributed by atoms with Crippen LogP contribution in [0.1, 0.15) is 33.1 Å². The van der Waals surface area contributed by atoms with Crippen LogP contribution >= 0.6 is 0 Å². The van der Waals surface area contributed by atoms with Crippen molar-refractivity contribution >= 4 is 0 Å². The van der Waals surface area contributed by atoms with Gasteiger partial charge in [-0.25, -0.2) is 4.39 Å². The average molecular weight is 229 g/mol. The van der Waals surface area contributed by atoms with Gasteiger partial charge in [0, 0.05) is 32.0 Å². The van der Waals surface area contributed by atoms with Crippen molar-refractivity contribution < 1.29 is 9.13 Å². The zero-order valence-electron chi connectivity index (χ0n) is 10.5. The Hall–Kier alpha value is -0.150. The highest BCUT2D eigenvalue weighted by Crippen LogP contribution is 2.25. The number of halogens is 1. The predicted octanol–water partition coefficient (Wildman–Crippen LogP) is 2.48. The molecule has 0 amide bonds. The molecule has 0 aliphatic carbocycles. The van der Waals surface area contributed by atoms with Gasteiger partial charge in [-0.15, -0.1) is 0 Å². The molecule has 2 nitrogen and oxygen atoms in total. The van der Waals surface area contributed by atoms with E-state index in [1.807, 2.05) is 6.92 Å². The van der Waals surface area contributed by atoms with Crippen LogP contribution in [0.25, 0.3) is 0 Å². The molecule has 0 unspecified atom stereocenters. The molecular formula is C13H24FNO. The predicted molar refractivity (Wildman–Crippen MR) is 63.3 cm³/mol. The first-order valence-electron chi connectivity index (χ1n) is 6.65. The van der Waals surface area contributed by atoms with Gasteiger partial charge >= 0.3 is 0 Å². The van der Waals surface area contributed by atoms with Crippen LogP contribution in [-0.2, 0) is 4.74 Å². The highest BCUT2D eigenvalue weighted by Gasteiger charge is 2.32. The lowest BCUT2D eigenvalue weighted by molar-refractivity contribution is -0.0755. The third kappa shape index (κ3) is 2.95. The van der Waals surface area contributed by atoms with Crippen LogP contribution in [0, 0.1) is 11.8 Å². The van der Waals surface area contributed by atoms with Gasteiger partial charge in [-0.2, -0.15) is 0 Å². The Labute approximate surface area is 98.1 Å². The summed E-state index contributed by atoms with van der Waals surface area (Å²) in [5.41, 5.74) is 0. The Morgan fingerprint density at radius 1 is 1.31 bits per heavy atom. The molecule has 94 valence electrons. The maximum Gasteiger partial charge on any atom is 0.107 e. The van der Waals surface area contributed by atoms with Crippen molar-refractivity contribution in [2.24, 2.45) is 11.8 Å². The molecule has 0 bridgehead atoms. The second-order valence-corrected chi connectivity index (χ2v) is 5.58. The second-order valence-electron chi connectivity index (χ2n) is 5.58. The summed E-state index contributed by atoms with van der Waals surface area (Å²) in [7, 11) is 0. The minimum Gasteiger partial charge on any atom is -0.376 e. The quantitative estimate of drug-likeness (QED) is 0.721. The van der Waals surface area contributed by atoms with Crippen molar-refractivity contribution in [1.82, 2.24) is 4.90 Å². The van der Waals surface area contributed by atoms with Crippen molar-refractivity contribution in [3.05, 3.63) is 0 Å². The molecule has 0 spiro atoms. The fourth-order valence-corrected chi connectivity index (χ4v) is 2.91. The molecule has 0 saturated carbocycles. The maximum absolute atomic E-state index is 13.6. The number of rotatable bonds is 2. The third-order valence-electron chi connectivity index (χ3n) is 4.06. The Balaban J connectivity index is 1.83. The standard InChI is InChI=1S/C13H24FNO/c1-10-4-3-6-15(8-10)9-13-11(2)12(14)5-7-16-13/h10-13H,3-9H2,1-2H3/t10-,11+,12-,13-/m0/s1. The van der Waals surface area contributed by atoms with Crippen LogP contribution in [0.5, 0.6) is 0 Å². The molecule has 2 fully saturated rings. The van der Waals surface area contributed by atoms with Gasteiger partial charge in [-0.05, 0) is 25.3 Å². The van der Waals surface area contributed by atoms with E-state index in [2.05, 4.69) is 11.8 Å². The van der Waals surface area contributed by atoms with Crippen molar-refractivity contribution in [1.29, 1.82) is 0 Å². The molecule has 3 heteroatoms. The SMILES string of the molecule is C[C@H]1CCCN(C[C@@H]2OCC[C@H](F)[C@H]2C)C1. The van der Waals surface area contributed by atoms with E-state index in [4.69, 9.17) is 4.74 Å². The van der Waals surface area contributed by atoms with Gasteiger partial charge in [0.1, 0.15) is 6.17 Å². The van der Waals surface area contributed by atoms with Gasteiger partial charge in [-0.3, -0.25) is 0 Å². The normalized spacial score (nSPS) is 42.2. The molecule has 0 aromatic carbocycles. The van der Waals surface area contributed by atoms with Crippen LogP contribution in [0.2, 0.25) is 0 Å². The summed E-state index contributed by atoms with van der Waals surface area (Å²) in [5.74, 6) is 0.847. The molecule has 2 rings (SSSR count). The van der Waals surface area contributed by atoms with Gasteiger partial charge in [-0.1, -0.05) is 13.8 Å². The van der Waals surface area contributed by atoms with E-state index in [-0.39, 0.29) is 12.0 Å². The molecule has 0 N–H and O–H groups in total. The summed E-state index contributed by atoms with van der Waals surface area (Å²) >= 11 is 0. The molecule has 2 saturated heterocycles. The summed E-state index contributed by atoms with van der Waals surface area (Å²) < 4.78 is 19.3. The first-order chi connectivity index (χ1) is 7.66. The monoisotopic (exact) mass is 229 g/mol. The van der Waals surface area contributed by atoms with Gasteiger partial charge in [0.25, 0.3) is 0 Å². The van der Waals surface area contributed by atoms with Crippen molar-refractivity contribution in [2.75, 3.05) is 26.2 Å². The fraction of sp³-hybridized carbons (Fsp3) is 1.00. The summed E-state index contributed by atoms with van der Waals surface area (Å²) in [4.78, 5) is 2.45. The van der Waals surface area contributed by atoms with Crippen molar-refractivity contribution in [2.45, 2.75) is 45.4 Å². The third-order valence-corrected chi connectivity index (χ3v) is 4.06. The van der Waals surface area contributed by atoms with Gasteiger partial charge in [0.2, 0.25) is 0 Å². The Morgan fingerprint density at radius 2 is 2.12 bits per heavy atom. The molecular weight excluding hydrogens is 205 g/mol. The van der Waals surface area contributed by atoms with Crippen LogP contribution < -0.4 is 0 Å². The fourth-order valence-electron chi connectivity index (χ4n) is 2.91. The molecule has 4 atom stereocenters. The largest absolute Gasteiger partial charge is 0.376 e. The zero-order valence-corrected chi connectivity index (χ0v) is 10.5. The summed E-state index contributed by atoms with van der Waals surface area (Å²) in [6.07, 6.45) is 2.63. The highest BCUT2D eigenvalue weighted by atomic mass is 19.1. The number of hydrogen-bond acceptors (Lipinski definition) is 2. The maximum atomic E-state index is 13.6. The highest BCUT2D eigenvalue weighted by molar-refractivity contribution is 4.82. The zero-order chi connectivity index (χ0) is 11.5. The van der Waals surface area contributed by atoms with E-state index in [0.29, 0.717) is 13.0 Å². The van der Waals surface area contributed by atoms with E-state index in [1.54, 1.807) is 0 Å². The molecule has 0 aromatic rings. The van der Waals surface area contributed by atoms with Crippen LogP contribution in [-0.4, -0.2) is 43.4 Å². The number of nitrogens with zero attached hydrogens (tertiary/aromatic N) is 1. The minimum atomic E-state index is -0.666. The van der Waals surface area contributed by atoms with Crippen LogP contribution in [0.3, 0.4) is 0 Å². The van der Waals surface area contributed by atoms with Gasteiger partial charge in [0.15, 0.2) is 0 Å². The topological polar surface area (TPSA) is 12.5 Å². The Kier molecular flexibility index (Phi) is 4.20. The van der Waals surface area contributed by atoms with Crippen LogP contribution in [0.4, 0.5) is 4.39 Å². The lowest BCUT2D eigenvalue weighted by Gasteiger charge is -2.38. The summed E-state index contributed by atoms with van der Waals surface area (Å²) in [6, 6.07) is 0. The number of alkyl halides is 1. The van der Waals surface area contributed by atoms with Gasteiger partial charge in [0.05, 0.1) is 6.10 Å². The molecule has 2 heterocycles. The number of ether oxygens (including phenoxy) is 1. The summed E-state index contributed by atoms with van der Waals surface area (Å²) in [5, 5.41) is 0. The number of hydrogen-bond donors (Lipinski definition) is 0. The first-order valence-corrected chi connectivity index (χ1v) is 6.65. The Bertz CT molecular complexity index is 224. The van der Waals surface area contributed by atoms with E-state index in [1.165, 1.54) is 12.8 Å². The number of piperidine rings is 1. The average Bonchev–Trinajstić information content (AvgIpc) is 2.25. The van der Waals surface area contributed by atoms with Gasteiger partial charge < -0.3 is 9.64 Å². The van der Waals surface area contributed by atoms with Crippen LogP contribution in [0.15, 0.2) is 0 Å². The second kappa shape index (κ2) is 5.46. The molecule has 2 aliphatic rings. The van der Waals surface area contributed by atoms with E-state index in [0.717, 1.165) is 25.6 Å². The molecule has 0 aromatic heterocycles.